The van der Waals surface area contributed by atoms with Gasteiger partial charge in [0.1, 0.15) is 18.9 Å². The molecular weight excluding hydrogens is 408 g/mol. The van der Waals surface area contributed by atoms with E-state index in [2.05, 4.69) is 26.5 Å². The Morgan fingerprint density at radius 1 is 0.906 bits per heavy atom. The minimum absolute atomic E-state index is 0.0212. The fraction of sp³-hybridized carbons (Fsp3) is 0.667. The zero-order valence-electron chi connectivity index (χ0n) is 19.2. The highest BCUT2D eigenvalue weighted by molar-refractivity contribution is 5.82. The van der Waals surface area contributed by atoms with Crippen molar-refractivity contribution in [3.8, 4) is 0 Å². The predicted octanol–water partition coefficient (Wildman–Crippen LogP) is 1.36. The lowest BCUT2D eigenvalue weighted by molar-refractivity contribution is -0.158. The molecule has 1 aromatic carbocycles. The van der Waals surface area contributed by atoms with Crippen LogP contribution in [0.2, 0.25) is 0 Å². The lowest BCUT2D eigenvalue weighted by Crippen LogP contribution is -2.56. The van der Waals surface area contributed by atoms with Crippen molar-refractivity contribution in [2.75, 3.05) is 59.0 Å². The number of nitrogens with zero attached hydrogens (tertiary/aromatic N) is 4. The van der Waals surface area contributed by atoms with Crippen molar-refractivity contribution in [2.24, 2.45) is 0 Å². The molecule has 1 aromatic rings. The summed E-state index contributed by atoms with van der Waals surface area (Å²) in [7, 11) is 0. The third-order valence-electron chi connectivity index (χ3n) is 6.74. The number of carbonyl (C=O) groups excluding carboxylic acids is 2. The standard InChI is InChI=1S/C24H36N4O4/c1-2-3-17-31-23(30)21(18-22(29)32-19-20-7-5-4-6-8-20)25-9-11-26-13-15-28-16-14-27(12-10-25)24(26)28/h4-8,21,24H,2-3,9-19H2,1H3. The molecule has 8 heteroatoms. The molecular formula is C24H36N4O4. The largest absolute Gasteiger partial charge is 0.465 e. The van der Waals surface area contributed by atoms with Crippen LogP contribution < -0.4 is 0 Å². The molecule has 1 unspecified atom stereocenters. The maximum Gasteiger partial charge on any atom is 0.323 e. The van der Waals surface area contributed by atoms with Crippen LogP contribution in [0.15, 0.2) is 30.3 Å². The summed E-state index contributed by atoms with van der Waals surface area (Å²) < 4.78 is 11.1. The molecule has 3 saturated heterocycles. The van der Waals surface area contributed by atoms with Gasteiger partial charge in [0, 0.05) is 52.4 Å². The van der Waals surface area contributed by atoms with Gasteiger partial charge in [0.2, 0.25) is 0 Å². The van der Waals surface area contributed by atoms with E-state index >= 15 is 0 Å². The maximum absolute atomic E-state index is 13.0. The predicted molar refractivity (Wildman–Crippen MR) is 121 cm³/mol. The Kier molecular flexibility index (Phi) is 8.13. The Labute approximate surface area is 191 Å². The molecule has 3 aliphatic rings. The van der Waals surface area contributed by atoms with Crippen LogP contribution in [0.1, 0.15) is 31.7 Å². The quantitative estimate of drug-likeness (QED) is 0.418. The lowest BCUT2D eigenvalue weighted by atomic mass is 10.1. The van der Waals surface area contributed by atoms with E-state index in [4.69, 9.17) is 9.47 Å². The van der Waals surface area contributed by atoms with Gasteiger partial charge in [-0.05, 0) is 12.0 Å². The number of benzene rings is 1. The van der Waals surface area contributed by atoms with Crippen LogP contribution in [0.5, 0.6) is 0 Å². The van der Waals surface area contributed by atoms with Gasteiger partial charge in [-0.15, -0.1) is 0 Å². The summed E-state index contributed by atoms with van der Waals surface area (Å²) in [5.74, 6) is -0.670. The van der Waals surface area contributed by atoms with Gasteiger partial charge in [0.25, 0.3) is 0 Å². The minimum atomic E-state index is -0.604. The Bertz CT molecular complexity index is 742. The van der Waals surface area contributed by atoms with E-state index < -0.39 is 6.04 Å². The van der Waals surface area contributed by atoms with Gasteiger partial charge < -0.3 is 9.47 Å². The van der Waals surface area contributed by atoms with Crippen molar-refractivity contribution >= 4 is 11.9 Å². The van der Waals surface area contributed by atoms with E-state index in [1.807, 2.05) is 30.3 Å². The van der Waals surface area contributed by atoms with Gasteiger partial charge in [0.15, 0.2) is 0 Å². The molecule has 4 rings (SSSR count). The number of ether oxygens (including phenoxy) is 2. The summed E-state index contributed by atoms with van der Waals surface area (Å²) in [4.78, 5) is 35.3. The second kappa shape index (κ2) is 11.2. The summed E-state index contributed by atoms with van der Waals surface area (Å²) in [6, 6.07) is 9.01. The second-order valence-corrected chi connectivity index (χ2v) is 8.88. The zero-order valence-corrected chi connectivity index (χ0v) is 19.2. The van der Waals surface area contributed by atoms with Crippen LogP contribution in [0.3, 0.4) is 0 Å². The fourth-order valence-corrected chi connectivity index (χ4v) is 4.90. The highest BCUT2D eigenvalue weighted by Gasteiger charge is 2.43. The van der Waals surface area contributed by atoms with Gasteiger partial charge in [-0.3, -0.25) is 29.2 Å². The van der Waals surface area contributed by atoms with Crippen LogP contribution >= 0.6 is 0 Å². The number of esters is 2. The van der Waals surface area contributed by atoms with E-state index in [9.17, 15) is 9.59 Å². The minimum Gasteiger partial charge on any atom is -0.465 e. The molecule has 176 valence electrons. The Morgan fingerprint density at radius 3 is 2.09 bits per heavy atom. The van der Waals surface area contributed by atoms with Gasteiger partial charge in [-0.2, -0.15) is 0 Å². The van der Waals surface area contributed by atoms with Crippen molar-refractivity contribution in [3.63, 3.8) is 0 Å². The van der Waals surface area contributed by atoms with Gasteiger partial charge >= 0.3 is 11.9 Å². The van der Waals surface area contributed by atoms with E-state index in [1.54, 1.807) is 0 Å². The molecule has 3 fully saturated rings. The van der Waals surface area contributed by atoms with Crippen molar-refractivity contribution in [1.29, 1.82) is 0 Å². The van der Waals surface area contributed by atoms with Crippen LogP contribution in [-0.4, -0.2) is 103 Å². The summed E-state index contributed by atoms with van der Waals surface area (Å²) in [5, 5.41) is 0. The Morgan fingerprint density at radius 2 is 1.50 bits per heavy atom. The summed E-state index contributed by atoms with van der Waals surface area (Å²) in [6.07, 6.45) is 2.22. The third kappa shape index (κ3) is 5.67. The summed E-state index contributed by atoms with van der Waals surface area (Å²) >= 11 is 0. The number of hydrogen-bond donors (Lipinski definition) is 0. The Hall–Kier alpha value is -2.00. The third-order valence-corrected chi connectivity index (χ3v) is 6.74. The maximum atomic E-state index is 13.0. The Balaban J connectivity index is 1.39. The monoisotopic (exact) mass is 444 g/mol. The first-order chi connectivity index (χ1) is 15.7. The van der Waals surface area contributed by atoms with E-state index in [1.165, 1.54) is 0 Å². The lowest BCUT2D eigenvalue weighted by Gasteiger charge is -2.39. The second-order valence-electron chi connectivity index (χ2n) is 8.88. The molecule has 0 aromatic heterocycles. The van der Waals surface area contributed by atoms with Gasteiger partial charge in [0.05, 0.1) is 13.0 Å². The molecule has 0 saturated carbocycles. The molecule has 3 heterocycles. The van der Waals surface area contributed by atoms with Gasteiger partial charge in [-0.25, -0.2) is 0 Å². The van der Waals surface area contributed by atoms with Crippen LogP contribution in [-0.2, 0) is 25.7 Å². The normalized spacial score (nSPS) is 21.7. The number of rotatable bonds is 9. The molecule has 0 spiro atoms. The van der Waals surface area contributed by atoms with E-state index in [0.29, 0.717) is 12.9 Å². The van der Waals surface area contributed by atoms with Crippen LogP contribution in [0.4, 0.5) is 0 Å². The molecule has 0 N–H and O–H groups in total. The SMILES string of the molecule is CCCCOC(=O)C(CC(=O)OCc1ccccc1)N1CCN2CCN3CCN(CC1)C23. The molecule has 0 bridgehead atoms. The van der Waals surface area contributed by atoms with Crippen molar-refractivity contribution in [1.82, 2.24) is 19.6 Å². The molecule has 3 aliphatic heterocycles. The zero-order chi connectivity index (χ0) is 22.3. The first-order valence-corrected chi connectivity index (χ1v) is 12.0. The molecule has 0 amide bonds. The average molecular weight is 445 g/mol. The number of carbonyl (C=O) groups is 2. The summed E-state index contributed by atoms with van der Waals surface area (Å²) in [5.41, 5.74) is 0.938. The molecule has 0 aliphatic carbocycles. The fourth-order valence-electron chi connectivity index (χ4n) is 4.90. The van der Waals surface area contributed by atoms with Crippen LogP contribution in [0, 0.1) is 0 Å². The van der Waals surface area contributed by atoms with E-state index in [0.717, 1.165) is 70.8 Å². The molecule has 1 atom stereocenters. The smallest absolute Gasteiger partial charge is 0.323 e. The molecule has 0 radical (unpaired) electrons. The van der Waals surface area contributed by atoms with Crippen molar-refractivity contribution in [2.45, 2.75) is 45.1 Å². The number of hydrogen-bond acceptors (Lipinski definition) is 8. The number of unbranched alkanes of at least 4 members (excludes halogenated alkanes) is 1. The molecule has 32 heavy (non-hydrogen) atoms. The summed E-state index contributed by atoms with van der Waals surface area (Å²) in [6.45, 7) is 10.3. The van der Waals surface area contributed by atoms with Crippen LogP contribution in [0.25, 0.3) is 0 Å². The first-order valence-electron chi connectivity index (χ1n) is 12.0. The van der Waals surface area contributed by atoms with Crippen molar-refractivity contribution in [3.05, 3.63) is 35.9 Å². The molecule has 8 nitrogen and oxygen atoms in total. The highest BCUT2D eigenvalue weighted by atomic mass is 16.5. The average Bonchev–Trinajstić information content (AvgIpc) is 3.37. The van der Waals surface area contributed by atoms with Crippen molar-refractivity contribution < 1.29 is 19.1 Å². The highest BCUT2D eigenvalue weighted by Crippen LogP contribution is 2.25. The van der Waals surface area contributed by atoms with Gasteiger partial charge in [-0.1, -0.05) is 43.7 Å². The first kappa shape index (κ1) is 23.2. The topological polar surface area (TPSA) is 65.6 Å². The van der Waals surface area contributed by atoms with E-state index in [-0.39, 0.29) is 25.0 Å².